The molecule has 90 valence electrons. The Kier molecular flexibility index (Phi) is 5.60. The molecule has 0 saturated carbocycles. The second kappa shape index (κ2) is 6.74. The summed E-state index contributed by atoms with van der Waals surface area (Å²) in [6, 6.07) is 6.44. The lowest BCUT2D eigenvalue weighted by atomic mass is 10.1. The Morgan fingerprint density at radius 1 is 1.31 bits per heavy atom. The molecular formula is C10H13F2O3P. The highest BCUT2D eigenvalue weighted by atomic mass is 31.2. The highest BCUT2D eigenvalue weighted by Crippen LogP contribution is 2.32. The zero-order chi connectivity index (χ0) is 12.0. The molecule has 0 radical (unpaired) electrons. The zero-order valence-corrected chi connectivity index (χ0v) is 9.41. The van der Waals surface area contributed by atoms with E-state index in [1.54, 1.807) is 18.2 Å². The molecule has 1 rings (SSSR count). The minimum atomic E-state index is -2.52. The van der Waals surface area contributed by atoms with E-state index in [1.807, 2.05) is 0 Å². The molecule has 0 bridgehead atoms. The van der Waals surface area contributed by atoms with Gasteiger partial charge >= 0.3 is 8.60 Å². The van der Waals surface area contributed by atoms with Gasteiger partial charge in [-0.2, -0.15) is 0 Å². The van der Waals surface area contributed by atoms with Crippen LogP contribution in [0.15, 0.2) is 24.3 Å². The van der Waals surface area contributed by atoms with Crippen molar-refractivity contribution in [1.29, 1.82) is 0 Å². The maximum Gasteiger partial charge on any atom is 0.391 e. The standard InChI is InChI=1S/C10H13F2O3P/c11-6-5-9(12)7-8-3-1-2-4-10(8)15-16(13)14/h1-4,9,13-14H,5-7H2. The second-order valence-corrected chi connectivity index (χ2v) is 3.92. The van der Waals surface area contributed by atoms with Gasteiger partial charge in [0.1, 0.15) is 11.9 Å². The normalized spacial score (nSPS) is 12.8. The largest absolute Gasteiger partial charge is 0.427 e. The van der Waals surface area contributed by atoms with Crippen molar-refractivity contribution in [3.8, 4) is 5.75 Å². The first-order valence-corrected chi connectivity index (χ1v) is 5.93. The van der Waals surface area contributed by atoms with Gasteiger partial charge in [0, 0.05) is 12.8 Å². The van der Waals surface area contributed by atoms with Crippen LogP contribution in [0.3, 0.4) is 0 Å². The molecule has 2 N–H and O–H groups in total. The summed E-state index contributed by atoms with van der Waals surface area (Å²) in [7, 11) is -2.52. The van der Waals surface area contributed by atoms with Gasteiger partial charge in [0.05, 0.1) is 6.67 Å². The van der Waals surface area contributed by atoms with Crippen LogP contribution in [0.5, 0.6) is 5.75 Å². The summed E-state index contributed by atoms with van der Waals surface area (Å²) < 4.78 is 29.8. The first-order valence-electron chi connectivity index (χ1n) is 4.77. The molecule has 1 unspecified atom stereocenters. The van der Waals surface area contributed by atoms with Crippen molar-refractivity contribution in [1.82, 2.24) is 0 Å². The van der Waals surface area contributed by atoms with Gasteiger partial charge in [-0.15, -0.1) is 0 Å². The van der Waals surface area contributed by atoms with Crippen LogP contribution in [0.25, 0.3) is 0 Å². The average molecular weight is 250 g/mol. The molecular weight excluding hydrogens is 237 g/mol. The van der Waals surface area contributed by atoms with Gasteiger partial charge in [0.2, 0.25) is 0 Å². The maximum atomic E-state index is 13.2. The van der Waals surface area contributed by atoms with Crippen molar-refractivity contribution in [3.05, 3.63) is 29.8 Å². The molecule has 1 aromatic rings. The van der Waals surface area contributed by atoms with Crippen molar-refractivity contribution in [3.63, 3.8) is 0 Å². The lowest BCUT2D eigenvalue weighted by Crippen LogP contribution is -2.06. The molecule has 0 fully saturated rings. The number of rotatable bonds is 6. The molecule has 0 aliphatic rings. The number of hydrogen-bond donors (Lipinski definition) is 2. The van der Waals surface area contributed by atoms with E-state index in [9.17, 15) is 8.78 Å². The van der Waals surface area contributed by atoms with Gasteiger partial charge in [-0.1, -0.05) is 18.2 Å². The Bertz CT molecular complexity index is 323. The molecule has 3 nitrogen and oxygen atoms in total. The lowest BCUT2D eigenvalue weighted by Gasteiger charge is -2.12. The maximum absolute atomic E-state index is 13.2. The van der Waals surface area contributed by atoms with Crippen molar-refractivity contribution in [2.75, 3.05) is 6.67 Å². The quantitative estimate of drug-likeness (QED) is 0.763. The van der Waals surface area contributed by atoms with Crippen LogP contribution in [0, 0.1) is 0 Å². The van der Waals surface area contributed by atoms with Crippen LogP contribution >= 0.6 is 8.60 Å². The summed E-state index contributed by atoms with van der Waals surface area (Å²) in [5, 5.41) is 0. The van der Waals surface area contributed by atoms with E-state index in [1.165, 1.54) is 6.07 Å². The van der Waals surface area contributed by atoms with Gasteiger partial charge in [0.15, 0.2) is 0 Å². The predicted molar refractivity (Wildman–Crippen MR) is 57.6 cm³/mol. The highest BCUT2D eigenvalue weighted by molar-refractivity contribution is 7.39. The van der Waals surface area contributed by atoms with Crippen LogP contribution in [0.4, 0.5) is 8.78 Å². The molecule has 0 aliphatic heterocycles. The van der Waals surface area contributed by atoms with Crippen LogP contribution in [-0.2, 0) is 6.42 Å². The van der Waals surface area contributed by atoms with Crippen LogP contribution < -0.4 is 4.52 Å². The first kappa shape index (κ1) is 13.3. The average Bonchev–Trinajstić information content (AvgIpc) is 2.20. The van der Waals surface area contributed by atoms with Crippen LogP contribution in [0.2, 0.25) is 0 Å². The number of halogens is 2. The SMILES string of the molecule is OP(O)Oc1ccccc1CC(F)CCF. The van der Waals surface area contributed by atoms with E-state index in [0.29, 0.717) is 5.56 Å². The minimum absolute atomic E-state index is 0.00324. The summed E-state index contributed by atoms with van der Waals surface area (Å²) in [6.45, 7) is -0.711. The topological polar surface area (TPSA) is 49.7 Å². The van der Waals surface area contributed by atoms with Crippen molar-refractivity contribution in [2.24, 2.45) is 0 Å². The third kappa shape index (κ3) is 4.39. The Hall–Kier alpha value is -0.770. The smallest absolute Gasteiger partial charge is 0.391 e. The van der Waals surface area contributed by atoms with Crippen molar-refractivity contribution in [2.45, 2.75) is 19.0 Å². The van der Waals surface area contributed by atoms with E-state index in [0.717, 1.165) is 0 Å². The first-order chi connectivity index (χ1) is 7.63. The monoisotopic (exact) mass is 250 g/mol. The Morgan fingerprint density at radius 3 is 2.62 bits per heavy atom. The van der Waals surface area contributed by atoms with Crippen molar-refractivity contribution >= 4 is 8.60 Å². The van der Waals surface area contributed by atoms with Crippen LogP contribution in [0.1, 0.15) is 12.0 Å². The number of hydrogen-bond acceptors (Lipinski definition) is 3. The van der Waals surface area contributed by atoms with Gasteiger partial charge in [-0.25, -0.2) is 4.39 Å². The summed E-state index contributed by atoms with van der Waals surface area (Å²) in [5.74, 6) is 0.222. The van der Waals surface area contributed by atoms with Gasteiger partial charge < -0.3 is 14.3 Å². The van der Waals surface area contributed by atoms with Gasteiger partial charge in [0.25, 0.3) is 0 Å². The molecule has 1 aromatic carbocycles. The third-order valence-corrected chi connectivity index (χ3v) is 2.38. The molecule has 0 saturated heterocycles. The van der Waals surface area contributed by atoms with Crippen LogP contribution in [-0.4, -0.2) is 22.6 Å². The number of benzene rings is 1. The second-order valence-electron chi connectivity index (χ2n) is 3.23. The Labute approximate surface area is 93.7 Å². The fraction of sp³-hybridized carbons (Fsp3) is 0.400. The summed E-state index contributed by atoms with van der Waals surface area (Å²) in [4.78, 5) is 17.4. The molecule has 6 heteroatoms. The summed E-state index contributed by atoms with van der Waals surface area (Å²) >= 11 is 0. The van der Waals surface area contributed by atoms with Gasteiger partial charge in [-0.05, 0) is 11.6 Å². The summed E-state index contributed by atoms with van der Waals surface area (Å²) in [5.41, 5.74) is 0.499. The highest BCUT2D eigenvalue weighted by Gasteiger charge is 2.13. The molecule has 0 aliphatic carbocycles. The molecule has 0 spiro atoms. The number of alkyl halides is 2. The molecule has 0 aromatic heterocycles. The fourth-order valence-corrected chi connectivity index (χ4v) is 1.66. The lowest BCUT2D eigenvalue weighted by molar-refractivity contribution is 0.280. The zero-order valence-electron chi connectivity index (χ0n) is 8.51. The Balaban J connectivity index is 2.70. The molecule has 16 heavy (non-hydrogen) atoms. The van der Waals surface area contributed by atoms with E-state index in [4.69, 9.17) is 14.3 Å². The molecule has 0 amide bonds. The third-order valence-electron chi connectivity index (χ3n) is 2.02. The van der Waals surface area contributed by atoms with E-state index in [-0.39, 0.29) is 18.6 Å². The van der Waals surface area contributed by atoms with Gasteiger partial charge in [-0.3, -0.25) is 4.39 Å². The van der Waals surface area contributed by atoms with E-state index < -0.39 is 21.4 Å². The van der Waals surface area contributed by atoms with E-state index in [2.05, 4.69) is 0 Å². The molecule has 1 atom stereocenters. The summed E-state index contributed by atoms with van der Waals surface area (Å²) in [6.07, 6.45) is -1.46. The number of para-hydroxylation sites is 1. The predicted octanol–water partition coefficient (Wildman–Crippen LogP) is 2.52. The van der Waals surface area contributed by atoms with E-state index >= 15 is 0 Å². The Morgan fingerprint density at radius 2 is 2.00 bits per heavy atom. The molecule has 0 heterocycles. The fourth-order valence-electron chi connectivity index (χ4n) is 1.31. The van der Waals surface area contributed by atoms with Crippen molar-refractivity contribution < 1.29 is 23.1 Å². The minimum Gasteiger partial charge on any atom is -0.427 e.